The fourth-order valence-corrected chi connectivity index (χ4v) is 1.12. The predicted octanol–water partition coefficient (Wildman–Crippen LogP) is 2.73. The van der Waals surface area contributed by atoms with Crippen molar-refractivity contribution in [2.45, 2.75) is 0 Å². The standard InChI is InChI=1S/C11H8F2N2O/c12-7-1-3-10(9(13)5-7)16-11-4-2-8(14)6-15-11/h1-6H,14H2. The van der Waals surface area contributed by atoms with Crippen molar-refractivity contribution >= 4 is 5.69 Å². The minimum atomic E-state index is -0.779. The predicted molar refractivity (Wildman–Crippen MR) is 55.1 cm³/mol. The second kappa shape index (κ2) is 4.14. The number of hydrogen-bond donors (Lipinski definition) is 1. The van der Waals surface area contributed by atoms with E-state index < -0.39 is 11.6 Å². The maximum atomic E-state index is 13.2. The maximum absolute atomic E-state index is 13.2. The zero-order valence-corrected chi connectivity index (χ0v) is 8.15. The highest BCUT2D eigenvalue weighted by Crippen LogP contribution is 2.23. The van der Waals surface area contributed by atoms with E-state index in [2.05, 4.69) is 4.98 Å². The third-order valence-electron chi connectivity index (χ3n) is 1.87. The highest BCUT2D eigenvalue weighted by atomic mass is 19.1. The number of aromatic nitrogens is 1. The lowest BCUT2D eigenvalue weighted by Crippen LogP contribution is -1.92. The molecule has 82 valence electrons. The molecule has 1 heterocycles. The molecule has 0 aliphatic rings. The Labute approximate surface area is 90.5 Å². The van der Waals surface area contributed by atoms with Crippen LogP contribution in [0.2, 0.25) is 0 Å². The molecule has 16 heavy (non-hydrogen) atoms. The van der Waals surface area contributed by atoms with Gasteiger partial charge in [-0.15, -0.1) is 0 Å². The summed E-state index contributed by atoms with van der Waals surface area (Å²) in [6.07, 6.45) is 1.39. The highest BCUT2D eigenvalue weighted by molar-refractivity contribution is 5.37. The van der Waals surface area contributed by atoms with Crippen LogP contribution in [0.5, 0.6) is 11.6 Å². The van der Waals surface area contributed by atoms with E-state index in [1.807, 2.05) is 0 Å². The number of rotatable bonds is 2. The number of hydrogen-bond acceptors (Lipinski definition) is 3. The van der Waals surface area contributed by atoms with Gasteiger partial charge in [0.15, 0.2) is 11.6 Å². The summed E-state index contributed by atoms with van der Waals surface area (Å²) in [7, 11) is 0. The minimum Gasteiger partial charge on any atom is -0.436 e. The van der Waals surface area contributed by atoms with E-state index in [0.29, 0.717) is 5.69 Å². The quantitative estimate of drug-likeness (QED) is 0.849. The normalized spacial score (nSPS) is 10.1. The fourth-order valence-electron chi connectivity index (χ4n) is 1.12. The molecule has 0 fully saturated rings. The van der Waals surface area contributed by atoms with Crippen LogP contribution in [0.15, 0.2) is 36.5 Å². The smallest absolute Gasteiger partial charge is 0.219 e. The molecule has 0 saturated carbocycles. The van der Waals surface area contributed by atoms with Gasteiger partial charge in [0.05, 0.1) is 11.9 Å². The second-order valence-electron chi connectivity index (χ2n) is 3.11. The lowest BCUT2D eigenvalue weighted by atomic mass is 10.3. The van der Waals surface area contributed by atoms with Gasteiger partial charge in [0.25, 0.3) is 0 Å². The van der Waals surface area contributed by atoms with Crippen LogP contribution >= 0.6 is 0 Å². The van der Waals surface area contributed by atoms with Crippen LogP contribution in [0.4, 0.5) is 14.5 Å². The van der Waals surface area contributed by atoms with Gasteiger partial charge in [-0.25, -0.2) is 13.8 Å². The summed E-state index contributed by atoms with van der Waals surface area (Å²) in [4.78, 5) is 3.83. The van der Waals surface area contributed by atoms with Crippen LogP contribution in [0.3, 0.4) is 0 Å². The minimum absolute atomic E-state index is 0.0846. The number of anilines is 1. The lowest BCUT2D eigenvalue weighted by molar-refractivity contribution is 0.424. The first kappa shape index (κ1) is 10.4. The summed E-state index contributed by atoms with van der Waals surface area (Å²) in [6, 6.07) is 6.12. The van der Waals surface area contributed by atoms with Gasteiger partial charge in [-0.3, -0.25) is 0 Å². The Kier molecular flexibility index (Phi) is 2.68. The van der Waals surface area contributed by atoms with Gasteiger partial charge in [0.1, 0.15) is 5.82 Å². The number of nitrogen functional groups attached to an aromatic ring is 1. The topological polar surface area (TPSA) is 48.1 Å². The molecule has 0 saturated heterocycles. The van der Waals surface area contributed by atoms with E-state index >= 15 is 0 Å². The Balaban J connectivity index is 2.23. The number of benzene rings is 1. The van der Waals surface area contributed by atoms with Crippen LogP contribution in [0.25, 0.3) is 0 Å². The molecule has 0 bridgehead atoms. The summed E-state index contributed by atoms with van der Waals surface area (Å²) in [5, 5.41) is 0. The molecular weight excluding hydrogens is 214 g/mol. The first-order valence-corrected chi connectivity index (χ1v) is 4.49. The van der Waals surface area contributed by atoms with E-state index in [0.717, 1.165) is 12.1 Å². The van der Waals surface area contributed by atoms with Crippen LogP contribution in [0, 0.1) is 11.6 Å². The van der Waals surface area contributed by atoms with Crippen molar-refractivity contribution in [2.24, 2.45) is 0 Å². The molecule has 2 N–H and O–H groups in total. The molecule has 3 nitrogen and oxygen atoms in total. The molecule has 0 unspecified atom stereocenters. The van der Waals surface area contributed by atoms with Crippen molar-refractivity contribution in [3.05, 3.63) is 48.2 Å². The summed E-state index contributed by atoms with van der Waals surface area (Å²) in [6.45, 7) is 0. The second-order valence-corrected chi connectivity index (χ2v) is 3.11. The molecule has 0 atom stereocenters. The van der Waals surface area contributed by atoms with Gasteiger partial charge in [0, 0.05) is 12.1 Å². The van der Waals surface area contributed by atoms with E-state index in [-0.39, 0.29) is 11.6 Å². The molecule has 0 aliphatic heterocycles. The maximum Gasteiger partial charge on any atom is 0.219 e. The number of ether oxygens (including phenoxy) is 1. The van der Waals surface area contributed by atoms with Crippen LogP contribution in [-0.4, -0.2) is 4.98 Å². The first-order valence-electron chi connectivity index (χ1n) is 4.49. The van der Waals surface area contributed by atoms with Crippen LogP contribution in [0.1, 0.15) is 0 Å². The summed E-state index contributed by atoms with van der Waals surface area (Å²) < 4.78 is 30.9. The summed E-state index contributed by atoms with van der Waals surface area (Å²) in [5.41, 5.74) is 5.91. The Morgan fingerprint density at radius 1 is 1.12 bits per heavy atom. The van der Waals surface area contributed by atoms with Crippen molar-refractivity contribution in [3.8, 4) is 11.6 Å². The number of halogens is 2. The molecule has 2 aromatic rings. The number of pyridine rings is 1. The average Bonchev–Trinajstić information content (AvgIpc) is 2.25. The Morgan fingerprint density at radius 2 is 1.94 bits per heavy atom. The monoisotopic (exact) mass is 222 g/mol. The van der Waals surface area contributed by atoms with Crippen molar-refractivity contribution < 1.29 is 13.5 Å². The SMILES string of the molecule is Nc1ccc(Oc2ccc(F)cc2F)nc1. The lowest BCUT2D eigenvalue weighted by Gasteiger charge is -2.05. The zero-order valence-electron chi connectivity index (χ0n) is 8.15. The van der Waals surface area contributed by atoms with E-state index in [9.17, 15) is 8.78 Å². The Hall–Kier alpha value is -2.17. The molecular formula is C11H8F2N2O. The van der Waals surface area contributed by atoms with Crippen molar-refractivity contribution in [3.63, 3.8) is 0 Å². The van der Waals surface area contributed by atoms with Gasteiger partial charge in [-0.05, 0) is 18.2 Å². The van der Waals surface area contributed by atoms with Gasteiger partial charge < -0.3 is 10.5 Å². The van der Waals surface area contributed by atoms with E-state index in [4.69, 9.17) is 10.5 Å². The summed E-state index contributed by atoms with van der Waals surface area (Å²) in [5.74, 6) is -1.33. The molecule has 0 aliphatic carbocycles. The van der Waals surface area contributed by atoms with Crippen molar-refractivity contribution in [1.82, 2.24) is 4.98 Å². The molecule has 5 heteroatoms. The molecule has 0 spiro atoms. The molecule has 0 amide bonds. The zero-order chi connectivity index (χ0) is 11.5. The van der Waals surface area contributed by atoms with Gasteiger partial charge >= 0.3 is 0 Å². The Bertz CT molecular complexity index is 500. The van der Waals surface area contributed by atoms with Crippen LogP contribution in [-0.2, 0) is 0 Å². The number of nitrogens with zero attached hydrogens (tertiary/aromatic N) is 1. The fraction of sp³-hybridized carbons (Fsp3) is 0. The van der Waals surface area contributed by atoms with E-state index in [1.54, 1.807) is 6.07 Å². The van der Waals surface area contributed by atoms with Gasteiger partial charge in [-0.2, -0.15) is 0 Å². The van der Waals surface area contributed by atoms with Crippen molar-refractivity contribution in [2.75, 3.05) is 5.73 Å². The third kappa shape index (κ3) is 2.25. The first-order chi connectivity index (χ1) is 7.65. The van der Waals surface area contributed by atoms with Crippen molar-refractivity contribution in [1.29, 1.82) is 0 Å². The van der Waals surface area contributed by atoms with E-state index in [1.165, 1.54) is 18.3 Å². The van der Waals surface area contributed by atoms with Gasteiger partial charge in [0.2, 0.25) is 5.88 Å². The average molecular weight is 222 g/mol. The molecule has 0 radical (unpaired) electrons. The summed E-state index contributed by atoms with van der Waals surface area (Å²) >= 11 is 0. The van der Waals surface area contributed by atoms with Gasteiger partial charge in [-0.1, -0.05) is 0 Å². The Morgan fingerprint density at radius 3 is 2.56 bits per heavy atom. The molecule has 1 aromatic carbocycles. The third-order valence-corrected chi connectivity index (χ3v) is 1.87. The number of nitrogens with two attached hydrogens (primary N) is 1. The largest absolute Gasteiger partial charge is 0.436 e. The molecule has 1 aromatic heterocycles. The van der Waals surface area contributed by atoms with Crippen LogP contribution < -0.4 is 10.5 Å². The molecule has 2 rings (SSSR count). The highest BCUT2D eigenvalue weighted by Gasteiger charge is 2.06.